The van der Waals surface area contributed by atoms with Crippen LogP contribution in [0.1, 0.15) is 45.2 Å². The maximum Gasteiger partial charge on any atom is 0.0366 e. The second-order valence-electron chi connectivity index (χ2n) is 4.46. The highest BCUT2D eigenvalue weighted by molar-refractivity contribution is 5.48. The van der Waals surface area contributed by atoms with Gasteiger partial charge >= 0.3 is 0 Å². The molecule has 0 aliphatic carbocycles. The van der Waals surface area contributed by atoms with Crippen LogP contribution in [0.2, 0.25) is 0 Å². The molecule has 1 rings (SSSR count). The first-order valence-electron chi connectivity index (χ1n) is 6.18. The van der Waals surface area contributed by atoms with Crippen molar-refractivity contribution in [1.82, 2.24) is 0 Å². The molecule has 90 valence electrons. The number of rotatable bonds is 5. The van der Waals surface area contributed by atoms with E-state index in [0.717, 1.165) is 0 Å². The second-order valence-corrected chi connectivity index (χ2v) is 4.46. The zero-order chi connectivity index (χ0) is 12.1. The molecule has 0 unspecified atom stereocenters. The average Bonchev–Trinajstić information content (AvgIpc) is 2.30. The summed E-state index contributed by atoms with van der Waals surface area (Å²) in [6.07, 6.45) is 2.37. The Labute approximate surface area is 99.5 Å². The molecule has 0 bridgehead atoms. The fourth-order valence-electron chi connectivity index (χ4n) is 2.06. The normalized spacial score (nSPS) is 12.9. The van der Waals surface area contributed by atoms with E-state index in [0.29, 0.717) is 6.04 Å². The zero-order valence-corrected chi connectivity index (χ0v) is 10.9. The van der Waals surface area contributed by atoms with Gasteiger partial charge in [0.2, 0.25) is 0 Å². The molecule has 0 fully saturated rings. The molecule has 0 aromatic heterocycles. The van der Waals surface area contributed by atoms with Crippen LogP contribution in [0, 0.1) is 0 Å². The van der Waals surface area contributed by atoms with Crippen molar-refractivity contribution < 1.29 is 0 Å². The highest BCUT2D eigenvalue weighted by Gasteiger charge is 2.11. The van der Waals surface area contributed by atoms with Crippen LogP contribution in [-0.2, 0) is 0 Å². The maximum absolute atomic E-state index is 5.84. The predicted molar refractivity (Wildman–Crippen MR) is 71.8 cm³/mol. The minimum Gasteiger partial charge on any atom is -0.372 e. The topological polar surface area (TPSA) is 29.3 Å². The Bertz CT molecular complexity index is 299. The summed E-state index contributed by atoms with van der Waals surface area (Å²) in [4.78, 5) is 2.35. The van der Waals surface area contributed by atoms with Crippen molar-refractivity contribution in [2.75, 3.05) is 11.9 Å². The van der Waals surface area contributed by atoms with Gasteiger partial charge in [-0.15, -0.1) is 0 Å². The Morgan fingerprint density at radius 1 is 1.12 bits per heavy atom. The summed E-state index contributed by atoms with van der Waals surface area (Å²) < 4.78 is 0. The summed E-state index contributed by atoms with van der Waals surface area (Å²) in [7, 11) is 2.17. The number of hydrogen-bond acceptors (Lipinski definition) is 2. The van der Waals surface area contributed by atoms with Crippen LogP contribution in [0.5, 0.6) is 0 Å². The SMILES string of the molecule is CCC(CC)N(C)c1ccc([C@H](C)N)cc1. The van der Waals surface area contributed by atoms with Crippen LogP contribution in [0.25, 0.3) is 0 Å². The summed E-state index contributed by atoms with van der Waals surface area (Å²) in [5.74, 6) is 0. The smallest absolute Gasteiger partial charge is 0.0366 e. The van der Waals surface area contributed by atoms with Gasteiger partial charge in [-0.2, -0.15) is 0 Å². The van der Waals surface area contributed by atoms with Gasteiger partial charge in [0.25, 0.3) is 0 Å². The lowest BCUT2D eigenvalue weighted by Crippen LogP contribution is -2.30. The lowest BCUT2D eigenvalue weighted by molar-refractivity contribution is 0.591. The average molecular weight is 220 g/mol. The van der Waals surface area contributed by atoms with E-state index in [1.165, 1.54) is 24.1 Å². The number of hydrogen-bond donors (Lipinski definition) is 1. The van der Waals surface area contributed by atoms with Crippen molar-refractivity contribution in [2.45, 2.75) is 45.7 Å². The van der Waals surface area contributed by atoms with Crippen LogP contribution in [0.15, 0.2) is 24.3 Å². The van der Waals surface area contributed by atoms with E-state index in [2.05, 4.69) is 50.1 Å². The van der Waals surface area contributed by atoms with E-state index in [1.54, 1.807) is 0 Å². The Hall–Kier alpha value is -1.02. The number of nitrogens with two attached hydrogens (primary N) is 1. The number of benzene rings is 1. The van der Waals surface area contributed by atoms with E-state index in [-0.39, 0.29) is 6.04 Å². The van der Waals surface area contributed by atoms with Gasteiger partial charge in [0.1, 0.15) is 0 Å². The molecular formula is C14H24N2. The lowest BCUT2D eigenvalue weighted by atomic mass is 10.1. The van der Waals surface area contributed by atoms with E-state index in [9.17, 15) is 0 Å². The first-order chi connectivity index (χ1) is 7.60. The third-order valence-electron chi connectivity index (χ3n) is 3.32. The van der Waals surface area contributed by atoms with E-state index in [1.807, 2.05) is 6.92 Å². The Balaban J connectivity index is 2.80. The van der Waals surface area contributed by atoms with Gasteiger partial charge in [0.15, 0.2) is 0 Å². The van der Waals surface area contributed by atoms with Crippen molar-refractivity contribution in [1.29, 1.82) is 0 Å². The van der Waals surface area contributed by atoms with Gasteiger partial charge in [-0.3, -0.25) is 0 Å². The van der Waals surface area contributed by atoms with Crippen molar-refractivity contribution in [3.05, 3.63) is 29.8 Å². The van der Waals surface area contributed by atoms with Gasteiger partial charge in [-0.1, -0.05) is 26.0 Å². The molecule has 0 aliphatic heterocycles. The Kier molecular flexibility index (Phi) is 4.81. The highest BCUT2D eigenvalue weighted by Crippen LogP contribution is 2.20. The minimum absolute atomic E-state index is 0.118. The first kappa shape index (κ1) is 13.0. The summed E-state index contributed by atoms with van der Waals surface area (Å²) >= 11 is 0. The number of anilines is 1. The molecule has 0 radical (unpaired) electrons. The molecule has 0 aliphatic rings. The molecule has 1 aromatic carbocycles. The molecule has 2 nitrogen and oxygen atoms in total. The molecule has 2 N–H and O–H groups in total. The van der Waals surface area contributed by atoms with E-state index in [4.69, 9.17) is 5.73 Å². The molecule has 0 heterocycles. The summed E-state index contributed by atoms with van der Waals surface area (Å²) in [6, 6.07) is 9.32. The molecule has 0 amide bonds. The predicted octanol–water partition coefficient (Wildman–Crippen LogP) is 3.33. The van der Waals surface area contributed by atoms with Crippen LogP contribution in [0.4, 0.5) is 5.69 Å². The molecular weight excluding hydrogens is 196 g/mol. The summed E-state index contributed by atoms with van der Waals surface area (Å²) in [6.45, 7) is 6.49. The number of nitrogens with zero attached hydrogens (tertiary/aromatic N) is 1. The van der Waals surface area contributed by atoms with Gasteiger partial charge < -0.3 is 10.6 Å². The van der Waals surface area contributed by atoms with Crippen molar-refractivity contribution in [3.63, 3.8) is 0 Å². The van der Waals surface area contributed by atoms with Gasteiger partial charge in [-0.25, -0.2) is 0 Å². The van der Waals surface area contributed by atoms with Crippen molar-refractivity contribution in [3.8, 4) is 0 Å². The van der Waals surface area contributed by atoms with Gasteiger partial charge in [-0.05, 0) is 37.5 Å². The quantitative estimate of drug-likeness (QED) is 0.824. The fourth-order valence-corrected chi connectivity index (χ4v) is 2.06. The molecule has 0 saturated carbocycles. The van der Waals surface area contributed by atoms with Gasteiger partial charge in [0, 0.05) is 24.8 Å². The lowest BCUT2D eigenvalue weighted by Gasteiger charge is -2.28. The van der Waals surface area contributed by atoms with Crippen LogP contribution < -0.4 is 10.6 Å². The molecule has 2 heteroatoms. The van der Waals surface area contributed by atoms with E-state index >= 15 is 0 Å². The monoisotopic (exact) mass is 220 g/mol. The van der Waals surface area contributed by atoms with Crippen molar-refractivity contribution in [2.24, 2.45) is 5.73 Å². The summed E-state index contributed by atoms with van der Waals surface area (Å²) in [5, 5.41) is 0. The van der Waals surface area contributed by atoms with Crippen LogP contribution >= 0.6 is 0 Å². The highest BCUT2D eigenvalue weighted by atomic mass is 15.1. The maximum atomic E-state index is 5.84. The third kappa shape index (κ3) is 2.99. The Morgan fingerprint density at radius 2 is 1.62 bits per heavy atom. The third-order valence-corrected chi connectivity index (χ3v) is 3.32. The minimum atomic E-state index is 0.118. The molecule has 16 heavy (non-hydrogen) atoms. The van der Waals surface area contributed by atoms with Crippen LogP contribution in [-0.4, -0.2) is 13.1 Å². The van der Waals surface area contributed by atoms with Crippen LogP contribution in [0.3, 0.4) is 0 Å². The zero-order valence-electron chi connectivity index (χ0n) is 10.9. The molecule has 0 saturated heterocycles. The Morgan fingerprint density at radius 3 is 2.00 bits per heavy atom. The first-order valence-corrected chi connectivity index (χ1v) is 6.18. The fraction of sp³-hybridized carbons (Fsp3) is 0.571. The molecule has 1 aromatic rings. The molecule has 0 spiro atoms. The van der Waals surface area contributed by atoms with Gasteiger partial charge in [0.05, 0.1) is 0 Å². The van der Waals surface area contributed by atoms with E-state index < -0.39 is 0 Å². The summed E-state index contributed by atoms with van der Waals surface area (Å²) in [5.41, 5.74) is 8.31. The van der Waals surface area contributed by atoms with Crippen molar-refractivity contribution >= 4 is 5.69 Å². The largest absolute Gasteiger partial charge is 0.372 e. The standard InChI is InChI=1S/C14H24N2/c1-5-13(6-2)16(4)14-9-7-12(8-10-14)11(3)15/h7-11,13H,5-6,15H2,1-4H3/t11-/m0/s1. The second kappa shape index (κ2) is 5.90. The molecule has 1 atom stereocenters.